The summed E-state index contributed by atoms with van der Waals surface area (Å²) < 4.78 is 5.75. The van der Waals surface area contributed by atoms with Crippen LogP contribution >= 0.6 is 23.2 Å². The number of carbonyl (C=O) groups excluding carboxylic acids is 1. The van der Waals surface area contributed by atoms with Gasteiger partial charge in [0.15, 0.2) is 11.7 Å². The van der Waals surface area contributed by atoms with Crippen molar-refractivity contribution in [3.8, 4) is 11.3 Å². The minimum atomic E-state index is 0.0207. The summed E-state index contributed by atoms with van der Waals surface area (Å²) >= 11 is 12.1. The Bertz CT molecular complexity index is 798. The van der Waals surface area contributed by atoms with Gasteiger partial charge < -0.3 is 14.6 Å². The summed E-state index contributed by atoms with van der Waals surface area (Å²) in [5, 5.41) is 4.16. The molecule has 0 radical (unpaired) electrons. The number of amides is 1. The lowest BCUT2D eigenvalue weighted by Gasteiger charge is -2.36. The SMILES string of the molecule is CN(C)C1(CNC(=O)CCc2ncc(-c3ccc(Cl)cc3Cl)o2)CCCC1. The van der Waals surface area contributed by atoms with E-state index < -0.39 is 0 Å². The Labute approximate surface area is 170 Å². The van der Waals surface area contributed by atoms with Crippen LogP contribution in [-0.2, 0) is 11.2 Å². The number of hydrogen-bond acceptors (Lipinski definition) is 4. The molecule has 1 fully saturated rings. The van der Waals surface area contributed by atoms with E-state index in [-0.39, 0.29) is 11.4 Å². The molecule has 5 nitrogen and oxygen atoms in total. The Balaban J connectivity index is 1.53. The van der Waals surface area contributed by atoms with Gasteiger partial charge in [-0.25, -0.2) is 4.98 Å². The van der Waals surface area contributed by atoms with Gasteiger partial charge in [-0.1, -0.05) is 36.0 Å². The van der Waals surface area contributed by atoms with Gasteiger partial charge in [-0.2, -0.15) is 0 Å². The van der Waals surface area contributed by atoms with Gasteiger partial charge in [-0.15, -0.1) is 0 Å². The van der Waals surface area contributed by atoms with Crippen molar-refractivity contribution in [2.24, 2.45) is 0 Å². The number of carbonyl (C=O) groups is 1. The molecule has 1 aliphatic carbocycles. The third kappa shape index (κ3) is 4.84. The number of likely N-dealkylation sites (N-methyl/N-ethyl adjacent to an activating group) is 1. The molecule has 1 N–H and O–H groups in total. The molecule has 1 amide bonds. The molecule has 1 aromatic carbocycles. The van der Waals surface area contributed by atoms with Crippen LogP contribution in [0.25, 0.3) is 11.3 Å². The maximum Gasteiger partial charge on any atom is 0.220 e. The largest absolute Gasteiger partial charge is 0.441 e. The number of rotatable bonds is 7. The standard InChI is InChI=1S/C20H25Cl2N3O2/c1-25(2)20(9-3-4-10-20)13-24-18(26)7-8-19-23-12-17(27-19)15-6-5-14(21)11-16(15)22/h5-6,11-12H,3-4,7-10,13H2,1-2H3,(H,24,26). The number of hydrogen-bond donors (Lipinski definition) is 1. The van der Waals surface area contributed by atoms with Gasteiger partial charge in [0.2, 0.25) is 5.91 Å². The zero-order chi connectivity index (χ0) is 19.4. The molecular formula is C20H25Cl2N3O2. The molecule has 0 atom stereocenters. The van der Waals surface area contributed by atoms with Crippen molar-refractivity contribution in [3.05, 3.63) is 40.3 Å². The van der Waals surface area contributed by atoms with Crippen molar-refractivity contribution >= 4 is 29.1 Å². The fourth-order valence-corrected chi connectivity index (χ4v) is 4.13. The lowest BCUT2D eigenvalue weighted by atomic mass is 9.96. The van der Waals surface area contributed by atoms with Crippen LogP contribution < -0.4 is 5.32 Å². The number of nitrogens with zero attached hydrogens (tertiary/aromatic N) is 2. The summed E-state index contributed by atoms with van der Waals surface area (Å²) in [6.45, 7) is 0.691. The van der Waals surface area contributed by atoms with E-state index >= 15 is 0 Å². The predicted octanol–water partition coefficient (Wildman–Crippen LogP) is 4.57. The predicted molar refractivity (Wildman–Crippen MR) is 108 cm³/mol. The first kappa shape index (κ1) is 20.2. The van der Waals surface area contributed by atoms with E-state index in [9.17, 15) is 4.79 Å². The normalized spacial score (nSPS) is 16.0. The number of halogens is 2. The third-order valence-electron chi connectivity index (χ3n) is 5.41. The summed E-state index contributed by atoms with van der Waals surface area (Å²) in [6, 6.07) is 5.21. The first-order valence-corrected chi connectivity index (χ1v) is 9.99. The summed E-state index contributed by atoms with van der Waals surface area (Å²) in [4.78, 5) is 18.8. The van der Waals surface area contributed by atoms with Crippen LogP contribution in [0, 0.1) is 0 Å². The van der Waals surface area contributed by atoms with Gasteiger partial charge in [-0.3, -0.25) is 4.79 Å². The van der Waals surface area contributed by atoms with Crippen LogP contribution in [0.1, 0.15) is 38.0 Å². The minimum absolute atomic E-state index is 0.0207. The molecular weight excluding hydrogens is 385 g/mol. The highest BCUT2D eigenvalue weighted by Crippen LogP contribution is 2.33. The number of benzene rings is 1. The van der Waals surface area contributed by atoms with Crippen molar-refractivity contribution in [1.29, 1.82) is 0 Å². The number of nitrogens with one attached hydrogen (secondary N) is 1. The second-order valence-corrected chi connectivity index (χ2v) is 8.19. The van der Waals surface area contributed by atoms with Gasteiger partial charge in [0.05, 0.1) is 11.2 Å². The lowest BCUT2D eigenvalue weighted by Crippen LogP contribution is -2.50. The van der Waals surface area contributed by atoms with Crippen molar-refractivity contribution in [3.63, 3.8) is 0 Å². The topological polar surface area (TPSA) is 58.4 Å². The van der Waals surface area contributed by atoms with E-state index in [1.165, 1.54) is 12.8 Å². The Kier molecular flexibility index (Phi) is 6.45. The maximum atomic E-state index is 12.3. The molecule has 0 spiro atoms. The Morgan fingerprint density at radius 1 is 1.30 bits per heavy atom. The quantitative estimate of drug-likeness (QED) is 0.727. The minimum Gasteiger partial charge on any atom is -0.441 e. The van der Waals surface area contributed by atoms with Gasteiger partial charge in [0.25, 0.3) is 0 Å². The van der Waals surface area contributed by atoms with Crippen LogP contribution in [0.5, 0.6) is 0 Å². The molecule has 27 heavy (non-hydrogen) atoms. The Morgan fingerprint density at radius 2 is 2.04 bits per heavy atom. The molecule has 3 rings (SSSR count). The second kappa shape index (κ2) is 8.63. The molecule has 0 bridgehead atoms. The Morgan fingerprint density at radius 3 is 2.70 bits per heavy atom. The van der Waals surface area contributed by atoms with Crippen LogP contribution in [0.3, 0.4) is 0 Å². The summed E-state index contributed by atoms with van der Waals surface area (Å²) in [6.07, 6.45) is 7.13. The molecule has 2 aromatic rings. The zero-order valence-corrected chi connectivity index (χ0v) is 17.2. The van der Waals surface area contributed by atoms with E-state index in [1.54, 1.807) is 24.4 Å². The summed E-state index contributed by atoms with van der Waals surface area (Å²) in [7, 11) is 4.18. The van der Waals surface area contributed by atoms with Gasteiger partial charge >= 0.3 is 0 Å². The van der Waals surface area contributed by atoms with Crippen LogP contribution in [0.15, 0.2) is 28.8 Å². The van der Waals surface area contributed by atoms with Crippen LogP contribution in [-0.4, -0.2) is 42.0 Å². The number of aryl methyl sites for hydroxylation is 1. The van der Waals surface area contributed by atoms with Crippen molar-refractivity contribution < 1.29 is 9.21 Å². The molecule has 1 aliphatic rings. The molecule has 0 saturated heterocycles. The Hall–Kier alpha value is -1.56. The molecule has 146 valence electrons. The highest BCUT2D eigenvalue weighted by molar-refractivity contribution is 6.36. The summed E-state index contributed by atoms with van der Waals surface area (Å²) in [5.41, 5.74) is 0.829. The van der Waals surface area contributed by atoms with Crippen molar-refractivity contribution in [2.45, 2.75) is 44.1 Å². The summed E-state index contributed by atoms with van der Waals surface area (Å²) in [5.74, 6) is 1.12. The van der Waals surface area contributed by atoms with E-state index in [0.29, 0.717) is 41.1 Å². The van der Waals surface area contributed by atoms with E-state index in [2.05, 4.69) is 29.3 Å². The molecule has 0 unspecified atom stereocenters. The van der Waals surface area contributed by atoms with Crippen LogP contribution in [0.2, 0.25) is 10.0 Å². The average Bonchev–Trinajstić information content (AvgIpc) is 3.28. The highest BCUT2D eigenvalue weighted by atomic mass is 35.5. The van der Waals surface area contributed by atoms with E-state index in [4.69, 9.17) is 27.6 Å². The molecule has 1 aromatic heterocycles. The van der Waals surface area contributed by atoms with Gasteiger partial charge in [-0.05, 0) is 45.1 Å². The number of oxazole rings is 1. The van der Waals surface area contributed by atoms with E-state index in [1.807, 2.05) is 0 Å². The number of aromatic nitrogens is 1. The van der Waals surface area contributed by atoms with Crippen LogP contribution in [0.4, 0.5) is 0 Å². The molecule has 0 aliphatic heterocycles. The smallest absolute Gasteiger partial charge is 0.220 e. The first-order valence-electron chi connectivity index (χ1n) is 9.24. The zero-order valence-electron chi connectivity index (χ0n) is 15.7. The first-order chi connectivity index (χ1) is 12.9. The molecule has 7 heteroatoms. The molecule has 1 saturated carbocycles. The monoisotopic (exact) mass is 409 g/mol. The van der Waals surface area contributed by atoms with E-state index in [0.717, 1.165) is 18.4 Å². The van der Waals surface area contributed by atoms with Gasteiger partial charge in [0.1, 0.15) is 0 Å². The van der Waals surface area contributed by atoms with Crippen molar-refractivity contribution in [2.75, 3.05) is 20.6 Å². The van der Waals surface area contributed by atoms with Crippen molar-refractivity contribution in [1.82, 2.24) is 15.2 Å². The average molecular weight is 410 g/mol. The maximum absolute atomic E-state index is 12.3. The highest BCUT2D eigenvalue weighted by Gasteiger charge is 2.36. The molecule has 1 heterocycles. The van der Waals surface area contributed by atoms with Gasteiger partial charge in [0, 0.05) is 35.5 Å². The lowest BCUT2D eigenvalue weighted by molar-refractivity contribution is -0.121. The second-order valence-electron chi connectivity index (χ2n) is 7.35. The fourth-order valence-electron chi connectivity index (χ4n) is 3.63. The third-order valence-corrected chi connectivity index (χ3v) is 5.96. The fraction of sp³-hybridized carbons (Fsp3) is 0.500.